The minimum atomic E-state index is 0.917. The molecule has 12 aromatic rings. The summed E-state index contributed by atoms with van der Waals surface area (Å²) in [7, 11) is 0. The van der Waals surface area contributed by atoms with Crippen molar-refractivity contribution in [3.05, 3.63) is 158 Å². The van der Waals surface area contributed by atoms with Crippen LogP contribution in [0, 0.1) is 0 Å². The standard InChI is InChI=1S/C48H26O/c1-2-10-36-27(5-1)19-24-42-47(36)41-26-34(35-20-15-32-13-11-28-6-3-8-30-17-22-38(35)45(32)43(28)30)25-40(48(41)49-42)37-21-16-33-14-12-29-7-4-9-31-18-23-39(37)46(33)44(29)31/h1-26H. The highest BCUT2D eigenvalue weighted by atomic mass is 16.3. The van der Waals surface area contributed by atoms with Crippen molar-refractivity contribution in [2.24, 2.45) is 0 Å². The molecule has 0 atom stereocenters. The van der Waals surface area contributed by atoms with Crippen LogP contribution in [0.5, 0.6) is 0 Å². The smallest absolute Gasteiger partial charge is 0.143 e. The maximum absolute atomic E-state index is 6.91. The zero-order valence-electron chi connectivity index (χ0n) is 26.4. The van der Waals surface area contributed by atoms with Crippen molar-refractivity contribution in [2.75, 3.05) is 0 Å². The molecule has 11 aromatic carbocycles. The van der Waals surface area contributed by atoms with Crippen LogP contribution in [-0.4, -0.2) is 0 Å². The van der Waals surface area contributed by atoms with E-state index in [2.05, 4.69) is 158 Å². The van der Waals surface area contributed by atoms with Gasteiger partial charge in [0.1, 0.15) is 11.2 Å². The van der Waals surface area contributed by atoms with E-state index in [4.69, 9.17) is 4.42 Å². The molecule has 0 N–H and O–H groups in total. The van der Waals surface area contributed by atoms with E-state index in [0.29, 0.717) is 0 Å². The van der Waals surface area contributed by atoms with E-state index < -0.39 is 0 Å². The Balaban J connectivity index is 1.25. The van der Waals surface area contributed by atoms with E-state index in [9.17, 15) is 0 Å². The fraction of sp³-hybridized carbons (Fsp3) is 0. The lowest BCUT2D eigenvalue weighted by Gasteiger charge is -2.17. The molecule has 0 aliphatic heterocycles. The van der Waals surface area contributed by atoms with Crippen LogP contribution in [0.2, 0.25) is 0 Å². The zero-order chi connectivity index (χ0) is 31.8. The lowest BCUT2D eigenvalue weighted by molar-refractivity contribution is 0.670. The van der Waals surface area contributed by atoms with Crippen molar-refractivity contribution >= 4 is 97.3 Å². The average molecular weight is 619 g/mol. The molecule has 0 unspecified atom stereocenters. The molecule has 0 aliphatic carbocycles. The maximum atomic E-state index is 6.91. The molecule has 12 rings (SSSR count). The molecule has 49 heavy (non-hydrogen) atoms. The van der Waals surface area contributed by atoms with Crippen LogP contribution in [-0.2, 0) is 0 Å². The van der Waals surface area contributed by atoms with Gasteiger partial charge in [-0.05, 0) is 110 Å². The summed E-state index contributed by atoms with van der Waals surface area (Å²) in [6, 6.07) is 58.4. The predicted octanol–water partition coefficient (Wildman–Crippen LogP) is 13.9. The van der Waals surface area contributed by atoms with Crippen LogP contribution in [0.4, 0.5) is 0 Å². The van der Waals surface area contributed by atoms with Gasteiger partial charge in [-0.25, -0.2) is 0 Å². The number of hydrogen-bond donors (Lipinski definition) is 0. The Morgan fingerprint density at radius 3 is 1.47 bits per heavy atom. The van der Waals surface area contributed by atoms with Gasteiger partial charge in [-0.1, -0.05) is 140 Å². The van der Waals surface area contributed by atoms with Gasteiger partial charge in [-0.3, -0.25) is 0 Å². The molecular weight excluding hydrogens is 593 g/mol. The minimum Gasteiger partial charge on any atom is -0.455 e. The molecule has 0 aliphatic rings. The van der Waals surface area contributed by atoms with Crippen molar-refractivity contribution < 1.29 is 4.42 Å². The summed E-state index contributed by atoms with van der Waals surface area (Å²) in [5.74, 6) is 0. The van der Waals surface area contributed by atoms with E-state index in [1.54, 1.807) is 0 Å². The summed E-state index contributed by atoms with van der Waals surface area (Å²) in [6.45, 7) is 0. The van der Waals surface area contributed by atoms with Crippen LogP contribution in [0.15, 0.2) is 162 Å². The second-order valence-corrected chi connectivity index (χ2v) is 13.6. The molecule has 1 heterocycles. The van der Waals surface area contributed by atoms with Gasteiger partial charge in [0.05, 0.1) is 0 Å². The van der Waals surface area contributed by atoms with Gasteiger partial charge in [0.15, 0.2) is 0 Å². The fourth-order valence-corrected chi connectivity index (χ4v) is 8.96. The van der Waals surface area contributed by atoms with Gasteiger partial charge < -0.3 is 4.42 Å². The number of hydrogen-bond acceptors (Lipinski definition) is 1. The molecule has 0 bridgehead atoms. The zero-order valence-corrected chi connectivity index (χ0v) is 26.4. The van der Waals surface area contributed by atoms with E-state index in [-0.39, 0.29) is 0 Å². The summed E-state index contributed by atoms with van der Waals surface area (Å²) >= 11 is 0. The Labute approximate surface area is 280 Å². The minimum absolute atomic E-state index is 0.917. The quantitative estimate of drug-likeness (QED) is 0.176. The summed E-state index contributed by atoms with van der Waals surface area (Å²) in [6.07, 6.45) is 0. The highest BCUT2D eigenvalue weighted by Crippen LogP contribution is 2.47. The number of furan rings is 1. The third-order valence-corrected chi connectivity index (χ3v) is 11.1. The van der Waals surface area contributed by atoms with Gasteiger partial charge in [0.25, 0.3) is 0 Å². The molecule has 0 spiro atoms. The normalized spacial score (nSPS) is 12.5. The number of rotatable bonds is 2. The van der Waals surface area contributed by atoms with E-state index in [1.807, 2.05) is 0 Å². The molecular formula is C48H26O. The molecule has 0 radical (unpaired) electrons. The van der Waals surface area contributed by atoms with Gasteiger partial charge >= 0.3 is 0 Å². The molecule has 1 nitrogen and oxygen atoms in total. The molecule has 0 amide bonds. The van der Waals surface area contributed by atoms with Crippen LogP contribution in [0.3, 0.4) is 0 Å². The van der Waals surface area contributed by atoms with Gasteiger partial charge in [0, 0.05) is 16.3 Å². The van der Waals surface area contributed by atoms with Crippen molar-refractivity contribution in [2.45, 2.75) is 0 Å². The SMILES string of the molecule is c1ccc2c(c1)ccc1oc3c(-c4ccc5ccc6cccc7ccc4c5c67)cc(-c4ccc5ccc6cccc7ccc4c5c67)cc3c12. The maximum Gasteiger partial charge on any atom is 0.143 e. The predicted molar refractivity (Wildman–Crippen MR) is 210 cm³/mol. The second kappa shape index (κ2) is 9.13. The van der Waals surface area contributed by atoms with Crippen molar-refractivity contribution in [3.63, 3.8) is 0 Å². The molecule has 0 saturated carbocycles. The average Bonchev–Trinajstić information content (AvgIpc) is 3.55. The molecule has 224 valence electrons. The fourth-order valence-electron chi connectivity index (χ4n) is 8.96. The topological polar surface area (TPSA) is 13.1 Å². The third kappa shape index (κ3) is 3.34. The first-order valence-corrected chi connectivity index (χ1v) is 17.0. The van der Waals surface area contributed by atoms with Crippen LogP contribution < -0.4 is 0 Å². The van der Waals surface area contributed by atoms with E-state index >= 15 is 0 Å². The summed E-state index contributed by atoms with van der Waals surface area (Å²) in [4.78, 5) is 0. The highest BCUT2D eigenvalue weighted by molar-refractivity contribution is 6.29. The van der Waals surface area contributed by atoms with Crippen molar-refractivity contribution in [1.29, 1.82) is 0 Å². The first-order valence-electron chi connectivity index (χ1n) is 17.0. The monoisotopic (exact) mass is 618 g/mol. The van der Waals surface area contributed by atoms with E-state index in [1.165, 1.54) is 97.5 Å². The Hall–Kier alpha value is -6.44. The molecule has 0 fully saturated rings. The largest absolute Gasteiger partial charge is 0.455 e. The van der Waals surface area contributed by atoms with Crippen LogP contribution >= 0.6 is 0 Å². The van der Waals surface area contributed by atoms with E-state index in [0.717, 1.165) is 22.1 Å². The third-order valence-electron chi connectivity index (χ3n) is 11.1. The van der Waals surface area contributed by atoms with Crippen LogP contribution in [0.25, 0.3) is 120 Å². The summed E-state index contributed by atoms with van der Waals surface area (Å²) in [5, 5.41) is 20.2. The highest BCUT2D eigenvalue weighted by Gasteiger charge is 2.21. The van der Waals surface area contributed by atoms with Gasteiger partial charge in [-0.2, -0.15) is 0 Å². The van der Waals surface area contributed by atoms with Crippen molar-refractivity contribution in [1.82, 2.24) is 0 Å². The first kappa shape index (κ1) is 25.6. The Bertz CT molecular complexity index is 3290. The molecule has 1 aromatic heterocycles. The van der Waals surface area contributed by atoms with Crippen LogP contribution in [0.1, 0.15) is 0 Å². The Morgan fingerprint density at radius 1 is 0.286 bits per heavy atom. The van der Waals surface area contributed by atoms with Gasteiger partial charge in [0.2, 0.25) is 0 Å². The lowest BCUT2D eigenvalue weighted by atomic mass is 9.86. The first-order chi connectivity index (χ1) is 24.3. The number of fused-ring (bicyclic) bond motifs is 5. The second-order valence-electron chi connectivity index (χ2n) is 13.6. The lowest BCUT2D eigenvalue weighted by Crippen LogP contribution is -1.90. The van der Waals surface area contributed by atoms with Crippen molar-refractivity contribution in [3.8, 4) is 22.3 Å². The summed E-state index contributed by atoms with van der Waals surface area (Å²) < 4.78 is 6.91. The number of benzene rings is 11. The Morgan fingerprint density at radius 2 is 0.796 bits per heavy atom. The van der Waals surface area contributed by atoms with Gasteiger partial charge in [-0.15, -0.1) is 0 Å². The molecule has 1 heteroatoms. The molecule has 0 saturated heterocycles. The summed E-state index contributed by atoms with van der Waals surface area (Å²) in [5.41, 5.74) is 6.60. The Kier molecular flexibility index (Phi) is 4.77.